The van der Waals surface area contributed by atoms with Crippen molar-refractivity contribution in [2.75, 3.05) is 0 Å². The molecule has 8 aromatic carbocycles. The highest BCUT2D eigenvalue weighted by atomic mass is 32.1. The average Bonchev–Trinajstić information content (AvgIpc) is 1.47. The van der Waals surface area contributed by atoms with E-state index in [9.17, 15) is 11.0 Å². The summed E-state index contributed by atoms with van der Waals surface area (Å²) in [7, 11) is 0. The van der Waals surface area contributed by atoms with Gasteiger partial charge < -0.3 is 4.42 Å². The fraction of sp³-hybridized carbons (Fsp3) is 0. The van der Waals surface area contributed by atoms with Crippen molar-refractivity contribution < 1.29 is 44.2 Å². The van der Waals surface area contributed by atoms with E-state index in [-0.39, 0.29) is 35.0 Å². The van der Waals surface area contributed by atoms with Crippen molar-refractivity contribution in [2.24, 2.45) is 0 Å². The molecule has 0 bridgehead atoms. The van der Waals surface area contributed by atoms with Gasteiger partial charge in [-0.15, -0.1) is 22.7 Å². The van der Waals surface area contributed by atoms with Gasteiger partial charge >= 0.3 is 0 Å². The summed E-state index contributed by atoms with van der Waals surface area (Å²) in [6, 6.07) is -23.3. The number of nitrogens with zero attached hydrogens (tertiary/aromatic N) is 3. The molecule has 0 aliphatic rings. The van der Waals surface area contributed by atoms with Gasteiger partial charge in [0.1, 0.15) is 11.2 Å². The van der Waals surface area contributed by atoms with Gasteiger partial charge in [0.05, 0.1) is 39.8 Å². The van der Waals surface area contributed by atoms with Crippen molar-refractivity contribution in [3.8, 4) is 56.4 Å². The Balaban J connectivity index is 1.24. The predicted molar refractivity (Wildman–Crippen MR) is 240 cm³/mol. The Morgan fingerprint density at radius 2 is 0.930 bits per heavy atom. The second-order valence-electron chi connectivity index (χ2n) is 12.1. The van der Waals surface area contributed by atoms with Gasteiger partial charge in [0.15, 0.2) is 17.5 Å². The van der Waals surface area contributed by atoms with Gasteiger partial charge in [-0.2, -0.15) is 0 Å². The maximum atomic E-state index is 10.2. The first-order valence-electron chi connectivity index (χ1n) is 31.1. The average molecular weight is 793 g/mol. The fourth-order valence-corrected chi connectivity index (χ4v) is 8.56. The minimum atomic E-state index is -0.934. The lowest BCUT2D eigenvalue weighted by Crippen LogP contribution is -2.00. The van der Waals surface area contributed by atoms with Gasteiger partial charge in [-0.1, -0.05) is 133 Å². The lowest BCUT2D eigenvalue weighted by molar-refractivity contribution is 0.669. The molecule has 0 aliphatic carbocycles. The first-order chi connectivity index (χ1) is 40.3. The molecular formula is C51H29N3OS2. The molecule has 266 valence electrons. The molecular weight excluding hydrogens is 735 g/mol. The van der Waals surface area contributed by atoms with E-state index in [2.05, 4.69) is 15.0 Å². The Kier molecular flexibility index (Phi) is 3.32. The fourth-order valence-electron chi connectivity index (χ4n) is 6.51. The molecule has 12 rings (SSSR count). The maximum Gasteiger partial charge on any atom is 0.164 e. The van der Waals surface area contributed by atoms with Crippen LogP contribution in [-0.2, 0) is 0 Å². The molecule has 4 heterocycles. The van der Waals surface area contributed by atoms with Crippen LogP contribution in [0.2, 0.25) is 0 Å². The van der Waals surface area contributed by atoms with Gasteiger partial charge in [0.25, 0.3) is 0 Å². The van der Waals surface area contributed by atoms with Crippen LogP contribution in [0.4, 0.5) is 0 Å². The zero-order valence-corrected chi connectivity index (χ0v) is 29.7. The predicted octanol–water partition coefficient (Wildman–Crippen LogP) is 14.8. The molecule has 0 atom stereocenters. The lowest BCUT2D eigenvalue weighted by Gasteiger charge is -2.11. The van der Waals surface area contributed by atoms with Crippen LogP contribution >= 0.6 is 22.7 Å². The monoisotopic (exact) mass is 792 g/mol. The van der Waals surface area contributed by atoms with E-state index in [0.29, 0.717) is 22.7 Å². The first kappa shape index (κ1) is 14.8. The van der Waals surface area contributed by atoms with Gasteiger partial charge in [-0.3, -0.25) is 0 Å². The SMILES string of the molecule is [2H]c1c([2H])c([2H])c(-c2nc(-c3c([2H])c([2H])c([2H])c([2H])c3[2H])nc(-c3c([2H])c([2H])c([2H])c4sc5c([2H])c(-c6c([2H])c(-c7c([2H])c([2H])c([2H])c8oc9c([2H])c([2H])c([2H])c([2H])c9c78)c7c(sc8c([2H])c([2H])c([2H])c([2H])c87)c6[2H])c([2H])c([2H])c5c34)n2)c([2H])c1[2H]. The molecule has 4 aromatic heterocycles. The molecule has 6 heteroatoms. The Morgan fingerprint density at radius 3 is 1.74 bits per heavy atom. The van der Waals surface area contributed by atoms with E-state index < -0.39 is 259 Å². The number of fused-ring (bicyclic) bond motifs is 9. The Labute approximate surface area is 375 Å². The third-order valence-electron chi connectivity index (χ3n) is 8.90. The highest BCUT2D eigenvalue weighted by Crippen LogP contribution is 2.47. The van der Waals surface area contributed by atoms with Crippen molar-refractivity contribution in [3.63, 3.8) is 0 Å². The Morgan fingerprint density at radius 1 is 0.351 bits per heavy atom. The number of aromatic nitrogens is 3. The summed E-state index contributed by atoms with van der Waals surface area (Å²) in [5.41, 5.74) is -5.42. The number of hydrogen-bond acceptors (Lipinski definition) is 6. The van der Waals surface area contributed by atoms with E-state index >= 15 is 0 Å². The summed E-state index contributed by atoms with van der Waals surface area (Å²) >= 11 is 1.17. The Bertz CT molecular complexity index is 5100. The minimum absolute atomic E-state index is 0.184. The summed E-state index contributed by atoms with van der Waals surface area (Å²) in [6.07, 6.45) is 0. The number of hydrogen-bond donors (Lipinski definition) is 0. The maximum absolute atomic E-state index is 10.2. The standard InChI is InChI=1S/C51H29N3OS2/c1-3-13-30(14-4-1)49-52-50(31-15-5-2-6-16-31)54-51(53-49)38-20-12-24-43-47(38)37-26-25-32(28-44(37)57-43)33-27-39(48-36-18-8-10-23-42(36)56-45(48)29-33)34-19-11-22-41-46(34)35-17-7-9-21-40(35)55-41/h1-29H/i1D,2D,3D,4D,5D,6D,7D,8D,9D,10D,11D,12D,13D,14D,15D,16D,17D,18D,19D,20D,21D,22D,23D,24D,25D,26D,27D,28D,29D. The summed E-state index contributed by atoms with van der Waals surface area (Å²) in [5, 5.41) is -2.19. The second kappa shape index (κ2) is 12.8. The van der Waals surface area contributed by atoms with Gasteiger partial charge in [-0.25, -0.2) is 15.0 Å². The highest BCUT2D eigenvalue weighted by molar-refractivity contribution is 7.26. The molecule has 0 spiro atoms. The van der Waals surface area contributed by atoms with Crippen LogP contribution in [0.3, 0.4) is 0 Å². The third-order valence-corrected chi connectivity index (χ3v) is 10.9. The smallest absolute Gasteiger partial charge is 0.164 e. The molecule has 0 fully saturated rings. The topological polar surface area (TPSA) is 51.8 Å². The van der Waals surface area contributed by atoms with Crippen LogP contribution in [0.1, 0.15) is 39.8 Å². The van der Waals surface area contributed by atoms with Crippen LogP contribution in [0.15, 0.2) is 180 Å². The molecule has 0 amide bonds. The highest BCUT2D eigenvalue weighted by Gasteiger charge is 2.20. The minimum Gasteiger partial charge on any atom is -0.456 e. The molecule has 0 saturated carbocycles. The molecule has 0 unspecified atom stereocenters. The van der Waals surface area contributed by atoms with Crippen molar-refractivity contribution in [1.29, 1.82) is 0 Å². The third kappa shape index (κ3) is 5.22. The van der Waals surface area contributed by atoms with Gasteiger partial charge in [0, 0.05) is 67.8 Å². The molecule has 0 N–H and O–H groups in total. The largest absolute Gasteiger partial charge is 0.456 e. The molecule has 0 aliphatic heterocycles. The van der Waals surface area contributed by atoms with Crippen molar-refractivity contribution in [3.05, 3.63) is 175 Å². The summed E-state index contributed by atoms with van der Waals surface area (Å²) in [4.78, 5) is 13.1. The van der Waals surface area contributed by atoms with E-state index in [1.165, 1.54) is 0 Å². The van der Waals surface area contributed by atoms with E-state index in [1.54, 1.807) is 0 Å². The normalized spacial score (nSPS) is 19.0. The van der Waals surface area contributed by atoms with Gasteiger partial charge in [-0.05, 0) is 64.6 Å². The zero-order chi connectivity index (χ0) is 62.7. The van der Waals surface area contributed by atoms with Crippen LogP contribution < -0.4 is 0 Å². The van der Waals surface area contributed by atoms with E-state index in [1.807, 2.05) is 0 Å². The van der Waals surface area contributed by atoms with Crippen molar-refractivity contribution in [1.82, 2.24) is 15.0 Å². The Hall–Kier alpha value is -6.99. The van der Waals surface area contributed by atoms with Crippen molar-refractivity contribution >= 4 is 85.0 Å². The number of rotatable bonds is 5. The van der Waals surface area contributed by atoms with E-state index in [4.69, 9.17) is 33.2 Å². The lowest BCUT2D eigenvalue weighted by atomic mass is 9.92. The first-order valence-corrected chi connectivity index (χ1v) is 18.2. The summed E-state index contributed by atoms with van der Waals surface area (Å²) in [5.74, 6) is -2.28. The van der Waals surface area contributed by atoms with E-state index in [0.717, 1.165) is 0 Å². The zero-order valence-electron chi connectivity index (χ0n) is 57.1. The van der Waals surface area contributed by atoms with Crippen LogP contribution in [0.25, 0.3) is 119 Å². The molecule has 57 heavy (non-hydrogen) atoms. The second-order valence-corrected chi connectivity index (χ2v) is 14.1. The molecule has 4 nitrogen and oxygen atoms in total. The molecule has 0 saturated heterocycles. The van der Waals surface area contributed by atoms with Gasteiger partial charge in [0.2, 0.25) is 0 Å². The number of benzene rings is 8. The molecule has 12 aromatic rings. The van der Waals surface area contributed by atoms with Crippen LogP contribution in [0.5, 0.6) is 0 Å². The number of thiophene rings is 2. The van der Waals surface area contributed by atoms with Crippen LogP contribution in [-0.4, -0.2) is 15.0 Å². The summed E-state index contributed by atoms with van der Waals surface area (Å²) < 4.78 is 265. The number of para-hydroxylation sites is 1. The number of furan rings is 1. The van der Waals surface area contributed by atoms with Crippen LogP contribution in [0, 0.1) is 0 Å². The molecule has 0 radical (unpaired) electrons. The van der Waals surface area contributed by atoms with Crippen molar-refractivity contribution in [2.45, 2.75) is 0 Å². The summed E-state index contributed by atoms with van der Waals surface area (Å²) in [6.45, 7) is 0. The quantitative estimate of drug-likeness (QED) is 0.174.